The topological polar surface area (TPSA) is 74.0 Å². The summed E-state index contributed by atoms with van der Waals surface area (Å²) in [7, 11) is 0. The molecule has 0 fully saturated rings. The summed E-state index contributed by atoms with van der Waals surface area (Å²) in [6.45, 7) is 0. The zero-order valence-electron chi connectivity index (χ0n) is 9.50. The highest BCUT2D eigenvalue weighted by Gasteiger charge is 2.09. The summed E-state index contributed by atoms with van der Waals surface area (Å²) in [6, 6.07) is 8.66. The molecule has 6 heteroatoms. The second kappa shape index (κ2) is 5.50. The Kier molecular flexibility index (Phi) is 3.78. The molecular weight excluding hydrogens is 267 g/mol. The molecule has 0 radical (unpaired) electrons. The monoisotopic (exact) mass is 274 g/mol. The number of nitrogens with zero attached hydrogens (tertiary/aromatic N) is 2. The van der Waals surface area contributed by atoms with Crippen LogP contribution >= 0.6 is 11.8 Å². The predicted molar refractivity (Wildman–Crippen MR) is 66.4 cm³/mol. The third kappa shape index (κ3) is 3.09. The van der Waals surface area contributed by atoms with E-state index in [2.05, 4.69) is 4.98 Å². The van der Waals surface area contributed by atoms with Gasteiger partial charge in [0, 0.05) is 11.1 Å². The van der Waals surface area contributed by atoms with E-state index in [1.165, 1.54) is 30.5 Å². The maximum Gasteiger partial charge on any atom is 0.335 e. The van der Waals surface area contributed by atoms with Crippen LogP contribution in [0.3, 0.4) is 0 Å². The van der Waals surface area contributed by atoms with Gasteiger partial charge in [0.1, 0.15) is 10.8 Å². The number of benzene rings is 1. The van der Waals surface area contributed by atoms with Crippen LogP contribution in [-0.2, 0) is 0 Å². The Bertz CT molecular complexity index is 683. The van der Waals surface area contributed by atoms with Crippen molar-refractivity contribution in [3.05, 3.63) is 53.5 Å². The summed E-state index contributed by atoms with van der Waals surface area (Å²) in [5.41, 5.74) is 0.320. The van der Waals surface area contributed by atoms with Crippen LogP contribution in [0.5, 0.6) is 0 Å². The average molecular weight is 274 g/mol. The summed E-state index contributed by atoms with van der Waals surface area (Å²) in [5, 5.41) is 17.9. The minimum absolute atomic E-state index is 0.0894. The second-order valence-electron chi connectivity index (χ2n) is 3.55. The van der Waals surface area contributed by atoms with Crippen molar-refractivity contribution in [1.82, 2.24) is 4.98 Å². The van der Waals surface area contributed by atoms with Crippen molar-refractivity contribution in [2.45, 2.75) is 9.92 Å². The van der Waals surface area contributed by atoms with Crippen LogP contribution in [0, 0.1) is 17.1 Å². The molecule has 2 aromatic rings. The first-order valence-electron chi connectivity index (χ1n) is 5.17. The maximum atomic E-state index is 13.7. The largest absolute Gasteiger partial charge is 0.478 e. The second-order valence-corrected chi connectivity index (χ2v) is 4.61. The Balaban J connectivity index is 2.29. The third-order valence-electron chi connectivity index (χ3n) is 2.26. The fourth-order valence-electron chi connectivity index (χ4n) is 1.36. The van der Waals surface area contributed by atoms with Crippen LogP contribution in [-0.4, -0.2) is 16.1 Å². The van der Waals surface area contributed by atoms with Crippen molar-refractivity contribution >= 4 is 17.7 Å². The van der Waals surface area contributed by atoms with E-state index in [0.29, 0.717) is 5.03 Å². The van der Waals surface area contributed by atoms with Crippen molar-refractivity contribution in [2.75, 3.05) is 0 Å². The van der Waals surface area contributed by atoms with Gasteiger partial charge in [-0.3, -0.25) is 0 Å². The van der Waals surface area contributed by atoms with Gasteiger partial charge in [-0.25, -0.2) is 14.2 Å². The smallest absolute Gasteiger partial charge is 0.335 e. The number of hydrogen-bond acceptors (Lipinski definition) is 4. The van der Waals surface area contributed by atoms with Gasteiger partial charge in [0.05, 0.1) is 17.2 Å². The molecule has 1 heterocycles. The number of aromatic carboxylic acids is 1. The van der Waals surface area contributed by atoms with Crippen LogP contribution in [0.15, 0.2) is 46.5 Å². The minimum atomic E-state index is -1.07. The molecular formula is C13H7FN2O2S. The highest BCUT2D eigenvalue weighted by molar-refractivity contribution is 7.99. The van der Waals surface area contributed by atoms with Gasteiger partial charge in [-0.05, 0) is 30.3 Å². The van der Waals surface area contributed by atoms with Crippen LogP contribution in [0.25, 0.3) is 0 Å². The molecule has 19 heavy (non-hydrogen) atoms. The van der Waals surface area contributed by atoms with E-state index >= 15 is 0 Å². The molecule has 94 valence electrons. The number of hydrogen-bond donors (Lipinski definition) is 1. The lowest BCUT2D eigenvalue weighted by Crippen LogP contribution is -1.96. The van der Waals surface area contributed by atoms with Crippen molar-refractivity contribution in [1.29, 1.82) is 5.26 Å². The molecule has 0 saturated carbocycles. The molecule has 2 rings (SSSR count). The van der Waals surface area contributed by atoms with E-state index in [9.17, 15) is 9.18 Å². The van der Waals surface area contributed by atoms with Crippen LogP contribution < -0.4 is 0 Å². The van der Waals surface area contributed by atoms with Gasteiger partial charge in [-0.2, -0.15) is 5.26 Å². The van der Waals surface area contributed by atoms with Gasteiger partial charge in [-0.15, -0.1) is 0 Å². The predicted octanol–water partition coefficient (Wildman–Crippen LogP) is 2.94. The fourth-order valence-corrected chi connectivity index (χ4v) is 2.18. The molecule has 0 saturated heterocycles. The van der Waals surface area contributed by atoms with E-state index < -0.39 is 11.8 Å². The average Bonchev–Trinajstić information content (AvgIpc) is 2.41. The molecule has 1 aromatic carbocycles. The first-order chi connectivity index (χ1) is 9.10. The lowest BCUT2D eigenvalue weighted by molar-refractivity contribution is 0.0696. The molecule has 0 spiro atoms. The Morgan fingerprint density at radius 3 is 2.79 bits per heavy atom. The first kappa shape index (κ1) is 13.1. The van der Waals surface area contributed by atoms with Crippen molar-refractivity contribution in [3.63, 3.8) is 0 Å². The highest BCUT2D eigenvalue weighted by atomic mass is 32.2. The van der Waals surface area contributed by atoms with Gasteiger partial charge in [-0.1, -0.05) is 11.8 Å². The standard InChI is InChI=1S/C13H7FN2O2S/c14-10-5-8(7-15)1-2-11(10)19-12-6-9(13(17)18)3-4-16-12/h1-6H,(H,17,18). The summed E-state index contributed by atoms with van der Waals surface area (Å²) in [6.07, 6.45) is 1.35. The third-order valence-corrected chi connectivity index (χ3v) is 3.24. The summed E-state index contributed by atoms with van der Waals surface area (Å²) >= 11 is 1.01. The van der Waals surface area contributed by atoms with Crippen LogP contribution in [0.1, 0.15) is 15.9 Å². The molecule has 0 bridgehead atoms. The molecule has 0 unspecified atom stereocenters. The van der Waals surface area contributed by atoms with Gasteiger partial charge < -0.3 is 5.11 Å². The SMILES string of the molecule is N#Cc1ccc(Sc2cc(C(=O)O)ccn2)c(F)c1. The number of halogens is 1. The Hall–Kier alpha value is -2.39. The first-order valence-corrected chi connectivity index (χ1v) is 5.98. The number of aromatic nitrogens is 1. The van der Waals surface area contributed by atoms with Gasteiger partial charge in [0.25, 0.3) is 0 Å². The van der Waals surface area contributed by atoms with E-state index in [1.54, 1.807) is 0 Å². The normalized spacial score (nSPS) is 9.89. The molecule has 0 aliphatic rings. The lowest BCUT2D eigenvalue weighted by Gasteiger charge is -2.03. The number of carboxylic acids is 1. The summed E-state index contributed by atoms with van der Waals surface area (Å²) < 4.78 is 13.7. The number of carboxylic acid groups (broad SMARTS) is 1. The van der Waals surface area contributed by atoms with E-state index in [0.717, 1.165) is 17.8 Å². The molecule has 0 aliphatic heterocycles. The van der Waals surface area contributed by atoms with Gasteiger partial charge >= 0.3 is 5.97 Å². The van der Waals surface area contributed by atoms with Crippen molar-refractivity contribution in [3.8, 4) is 6.07 Å². The summed E-state index contributed by atoms with van der Waals surface area (Å²) in [5.74, 6) is -1.60. The quantitative estimate of drug-likeness (QED) is 0.931. The molecule has 0 amide bonds. The molecule has 0 aliphatic carbocycles. The van der Waals surface area contributed by atoms with Crippen molar-refractivity contribution < 1.29 is 14.3 Å². The lowest BCUT2D eigenvalue weighted by atomic mass is 10.2. The fraction of sp³-hybridized carbons (Fsp3) is 0. The van der Waals surface area contributed by atoms with Crippen LogP contribution in [0.2, 0.25) is 0 Å². The van der Waals surface area contributed by atoms with E-state index in [4.69, 9.17) is 10.4 Å². The molecule has 0 atom stereocenters. The highest BCUT2D eigenvalue weighted by Crippen LogP contribution is 2.29. The number of pyridine rings is 1. The molecule has 4 nitrogen and oxygen atoms in total. The van der Waals surface area contributed by atoms with E-state index in [1.807, 2.05) is 6.07 Å². The van der Waals surface area contributed by atoms with Gasteiger partial charge in [0.15, 0.2) is 0 Å². The Morgan fingerprint density at radius 2 is 2.16 bits per heavy atom. The minimum Gasteiger partial charge on any atom is -0.478 e. The summed E-state index contributed by atoms with van der Waals surface area (Å²) in [4.78, 5) is 15.1. The maximum absolute atomic E-state index is 13.7. The zero-order valence-corrected chi connectivity index (χ0v) is 10.3. The Morgan fingerprint density at radius 1 is 1.37 bits per heavy atom. The van der Waals surface area contributed by atoms with Crippen molar-refractivity contribution in [2.24, 2.45) is 0 Å². The number of carbonyl (C=O) groups is 1. The van der Waals surface area contributed by atoms with E-state index in [-0.39, 0.29) is 16.0 Å². The molecule has 1 aromatic heterocycles. The number of rotatable bonds is 3. The van der Waals surface area contributed by atoms with Crippen LogP contribution in [0.4, 0.5) is 4.39 Å². The number of nitriles is 1. The zero-order chi connectivity index (χ0) is 13.8. The van der Waals surface area contributed by atoms with Gasteiger partial charge in [0.2, 0.25) is 0 Å². The molecule has 1 N–H and O–H groups in total. The Labute approximate surface area is 112 Å².